The van der Waals surface area contributed by atoms with E-state index in [1.807, 2.05) is 5.38 Å². The second-order valence-corrected chi connectivity index (χ2v) is 4.26. The number of nitrogens with zero attached hydrogens (tertiary/aromatic N) is 1. The molecule has 0 amide bonds. The lowest BCUT2D eigenvalue weighted by molar-refractivity contribution is -0.384. The van der Waals surface area contributed by atoms with Crippen LogP contribution in [0.4, 0.5) is 5.69 Å². The molecule has 5 nitrogen and oxygen atoms in total. The van der Waals surface area contributed by atoms with Crippen LogP contribution in [-0.4, -0.2) is 16.0 Å². The predicted molar refractivity (Wildman–Crippen MR) is 63.4 cm³/mol. The van der Waals surface area contributed by atoms with Gasteiger partial charge in [0.1, 0.15) is 0 Å². The number of thiophene rings is 1. The number of nitro groups is 1. The Kier molecular flexibility index (Phi) is 2.88. The number of hydrogen-bond acceptors (Lipinski definition) is 4. The molecule has 1 aromatic heterocycles. The van der Waals surface area contributed by atoms with Gasteiger partial charge in [0.15, 0.2) is 0 Å². The highest BCUT2D eigenvalue weighted by atomic mass is 32.1. The fraction of sp³-hybridized carbons (Fsp3) is 0. The van der Waals surface area contributed by atoms with Gasteiger partial charge in [0.05, 0.1) is 10.5 Å². The van der Waals surface area contributed by atoms with Gasteiger partial charge in [-0.25, -0.2) is 4.79 Å². The Bertz CT molecular complexity index is 545. The van der Waals surface area contributed by atoms with Gasteiger partial charge in [-0.05, 0) is 23.1 Å². The molecule has 0 fully saturated rings. The SMILES string of the molecule is O=C(O)c1cc(-c2cccs2)cc([N+](=O)[O-])c1. The summed E-state index contributed by atoms with van der Waals surface area (Å²) in [6.07, 6.45) is 0. The molecule has 1 N–H and O–H groups in total. The van der Waals surface area contributed by atoms with Crippen LogP contribution in [0.1, 0.15) is 10.4 Å². The third-order valence-corrected chi connectivity index (χ3v) is 3.10. The molecule has 2 aromatic rings. The van der Waals surface area contributed by atoms with Gasteiger partial charge in [-0.15, -0.1) is 11.3 Å². The van der Waals surface area contributed by atoms with Crippen LogP contribution >= 0.6 is 11.3 Å². The van der Waals surface area contributed by atoms with Crippen molar-refractivity contribution < 1.29 is 14.8 Å². The van der Waals surface area contributed by atoms with Crippen LogP contribution in [0.15, 0.2) is 35.7 Å². The lowest BCUT2D eigenvalue weighted by Gasteiger charge is -2.01. The van der Waals surface area contributed by atoms with Crippen LogP contribution in [0.5, 0.6) is 0 Å². The van der Waals surface area contributed by atoms with E-state index >= 15 is 0 Å². The van der Waals surface area contributed by atoms with Gasteiger partial charge in [0.25, 0.3) is 5.69 Å². The number of carbonyl (C=O) groups is 1. The van der Waals surface area contributed by atoms with E-state index in [0.717, 1.165) is 10.9 Å². The van der Waals surface area contributed by atoms with Crippen molar-refractivity contribution >= 4 is 23.0 Å². The van der Waals surface area contributed by atoms with E-state index in [4.69, 9.17) is 5.11 Å². The third kappa shape index (κ3) is 2.31. The predicted octanol–water partition coefficient (Wildman–Crippen LogP) is 3.02. The smallest absolute Gasteiger partial charge is 0.335 e. The summed E-state index contributed by atoms with van der Waals surface area (Å²) in [5, 5.41) is 21.4. The number of benzene rings is 1. The number of hydrogen-bond donors (Lipinski definition) is 1. The van der Waals surface area contributed by atoms with Crippen LogP contribution in [0.2, 0.25) is 0 Å². The maximum atomic E-state index is 10.9. The summed E-state index contributed by atoms with van der Waals surface area (Å²) in [6.45, 7) is 0. The Morgan fingerprint density at radius 3 is 2.65 bits per heavy atom. The van der Waals surface area contributed by atoms with Crippen molar-refractivity contribution in [3.63, 3.8) is 0 Å². The zero-order valence-corrected chi connectivity index (χ0v) is 9.31. The largest absolute Gasteiger partial charge is 0.478 e. The quantitative estimate of drug-likeness (QED) is 0.669. The molecule has 0 aliphatic carbocycles. The molecule has 0 spiro atoms. The Balaban J connectivity index is 2.60. The highest BCUT2D eigenvalue weighted by Crippen LogP contribution is 2.29. The Hall–Kier alpha value is -2.21. The normalized spacial score (nSPS) is 10.1. The Labute approximate surface area is 100 Å². The maximum absolute atomic E-state index is 10.9. The summed E-state index contributed by atoms with van der Waals surface area (Å²) in [5.41, 5.74) is 0.252. The summed E-state index contributed by atoms with van der Waals surface area (Å²) in [6, 6.07) is 7.45. The van der Waals surface area contributed by atoms with Gasteiger partial charge in [0.2, 0.25) is 0 Å². The van der Waals surface area contributed by atoms with Gasteiger partial charge in [0, 0.05) is 17.0 Å². The van der Waals surface area contributed by atoms with Crippen molar-refractivity contribution in [1.82, 2.24) is 0 Å². The minimum atomic E-state index is -1.17. The molecule has 2 rings (SSSR count). The van der Waals surface area contributed by atoms with Gasteiger partial charge >= 0.3 is 5.97 Å². The molecule has 17 heavy (non-hydrogen) atoms. The number of nitro benzene ring substituents is 1. The number of non-ortho nitro benzene ring substituents is 1. The highest BCUT2D eigenvalue weighted by Gasteiger charge is 2.14. The summed E-state index contributed by atoms with van der Waals surface area (Å²) < 4.78 is 0. The van der Waals surface area contributed by atoms with E-state index in [1.165, 1.54) is 23.5 Å². The van der Waals surface area contributed by atoms with E-state index in [2.05, 4.69) is 0 Å². The highest BCUT2D eigenvalue weighted by molar-refractivity contribution is 7.13. The van der Waals surface area contributed by atoms with E-state index in [1.54, 1.807) is 12.1 Å². The molecule has 1 heterocycles. The van der Waals surface area contributed by atoms with Crippen LogP contribution in [0, 0.1) is 10.1 Å². The minimum Gasteiger partial charge on any atom is -0.478 e. The first kappa shape index (κ1) is 11.3. The zero-order chi connectivity index (χ0) is 12.4. The molecule has 1 aromatic carbocycles. The minimum absolute atomic E-state index is 0.0809. The molecule has 0 aliphatic rings. The van der Waals surface area contributed by atoms with Gasteiger partial charge in [-0.3, -0.25) is 10.1 Å². The topological polar surface area (TPSA) is 80.4 Å². The van der Waals surface area contributed by atoms with Crippen molar-refractivity contribution in [2.24, 2.45) is 0 Å². The summed E-state index contributed by atoms with van der Waals surface area (Å²) in [7, 11) is 0. The first-order valence-corrected chi connectivity index (χ1v) is 5.52. The third-order valence-electron chi connectivity index (χ3n) is 2.18. The molecule has 0 saturated heterocycles. The number of carboxylic acid groups (broad SMARTS) is 1. The fourth-order valence-electron chi connectivity index (χ4n) is 1.43. The van der Waals surface area contributed by atoms with Crippen LogP contribution in [-0.2, 0) is 0 Å². The standard InChI is InChI=1S/C11H7NO4S/c13-11(14)8-4-7(10-2-1-3-17-10)5-9(6-8)12(15)16/h1-6H,(H,13,14). The first-order chi connectivity index (χ1) is 8.08. The van der Waals surface area contributed by atoms with E-state index < -0.39 is 10.9 Å². The van der Waals surface area contributed by atoms with Crippen molar-refractivity contribution in [3.05, 3.63) is 51.4 Å². The molecule has 0 atom stereocenters. The monoisotopic (exact) mass is 249 g/mol. The van der Waals surface area contributed by atoms with Crippen molar-refractivity contribution in [2.45, 2.75) is 0 Å². The number of carboxylic acids is 1. The lowest BCUT2D eigenvalue weighted by Crippen LogP contribution is -1.98. The van der Waals surface area contributed by atoms with Crippen molar-refractivity contribution in [3.8, 4) is 10.4 Å². The average molecular weight is 249 g/mol. The molecular weight excluding hydrogens is 242 g/mol. The first-order valence-electron chi connectivity index (χ1n) is 4.64. The summed E-state index contributed by atoms with van der Waals surface area (Å²) in [4.78, 5) is 21.8. The van der Waals surface area contributed by atoms with Gasteiger partial charge in [-0.1, -0.05) is 6.07 Å². The molecule has 0 saturated carbocycles. The molecule has 0 radical (unpaired) electrons. The number of rotatable bonds is 3. The average Bonchev–Trinajstić information content (AvgIpc) is 2.81. The summed E-state index contributed by atoms with van der Waals surface area (Å²) >= 11 is 1.40. The second-order valence-electron chi connectivity index (χ2n) is 3.31. The Morgan fingerprint density at radius 2 is 2.12 bits per heavy atom. The molecule has 6 heteroatoms. The Morgan fingerprint density at radius 1 is 1.35 bits per heavy atom. The van der Waals surface area contributed by atoms with Crippen LogP contribution < -0.4 is 0 Å². The van der Waals surface area contributed by atoms with E-state index in [9.17, 15) is 14.9 Å². The van der Waals surface area contributed by atoms with E-state index in [-0.39, 0.29) is 11.3 Å². The van der Waals surface area contributed by atoms with Crippen molar-refractivity contribution in [1.29, 1.82) is 0 Å². The lowest BCUT2D eigenvalue weighted by atomic mass is 10.1. The molecule has 0 unspecified atom stereocenters. The van der Waals surface area contributed by atoms with Gasteiger partial charge in [-0.2, -0.15) is 0 Å². The number of aromatic carboxylic acids is 1. The molecular formula is C11H7NO4S. The van der Waals surface area contributed by atoms with Crippen LogP contribution in [0.3, 0.4) is 0 Å². The van der Waals surface area contributed by atoms with Crippen LogP contribution in [0.25, 0.3) is 10.4 Å². The van der Waals surface area contributed by atoms with Crippen molar-refractivity contribution in [2.75, 3.05) is 0 Å². The summed E-state index contributed by atoms with van der Waals surface area (Å²) in [5.74, 6) is -1.17. The molecule has 0 aliphatic heterocycles. The zero-order valence-electron chi connectivity index (χ0n) is 8.49. The van der Waals surface area contributed by atoms with Gasteiger partial charge < -0.3 is 5.11 Å². The van der Waals surface area contributed by atoms with E-state index in [0.29, 0.717) is 5.56 Å². The molecule has 86 valence electrons. The fourth-order valence-corrected chi connectivity index (χ4v) is 2.14. The maximum Gasteiger partial charge on any atom is 0.335 e. The molecule has 0 bridgehead atoms. The second kappa shape index (κ2) is 4.34.